The van der Waals surface area contributed by atoms with Gasteiger partial charge in [0.1, 0.15) is 0 Å². The van der Waals surface area contributed by atoms with Crippen molar-refractivity contribution in [3.63, 3.8) is 0 Å². The molecule has 0 unspecified atom stereocenters. The van der Waals surface area contributed by atoms with E-state index in [0.29, 0.717) is 17.7 Å². The van der Waals surface area contributed by atoms with E-state index in [0.717, 1.165) is 47.5 Å². The number of nitrogens with zero attached hydrogens (tertiary/aromatic N) is 6. The van der Waals surface area contributed by atoms with Gasteiger partial charge >= 0.3 is 5.69 Å². The third kappa shape index (κ3) is 3.75. The fraction of sp³-hybridized carbons (Fsp3) is 0.455. The van der Waals surface area contributed by atoms with Crippen molar-refractivity contribution in [1.29, 1.82) is 0 Å². The Morgan fingerprint density at radius 3 is 2.50 bits per heavy atom. The maximum absolute atomic E-state index is 13.1. The molecule has 4 aromatic rings. The number of aryl methyl sites for hydroxylation is 2. The van der Waals surface area contributed by atoms with Crippen molar-refractivity contribution in [2.24, 2.45) is 14.1 Å². The van der Waals surface area contributed by atoms with Gasteiger partial charge in [-0.1, -0.05) is 36.7 Å². The van der Waals surface area contributed by atoms with Crippen LogP contribution in [0.4, 0.5) is 5.95 Å². The van der Waals surface area contributed by atoms with Crippen LogP contribution in [0.15, 0.2) is 38.2 Å². The van der Waals surface area contributed by atoms with Gasteiger partial charge in [-0.05, 0) is 25.0 Å². The second-order valence-corrected chi connectivity index (χ2v) is 10.5. The number of rotatable bonds is 5. The van der Waals surface area contributed by atoms with Crippen LogP contribution in [0, 0.1) is 0 Å². The van der Waals surface area contributed by atoms with Gasteiger partial charge in [0, 0.05) is 39.5 Å². The van der Waals surface area contributed by atoms with E-state index >= 15 is 0 Å². The second kappa shape index (κ2) is 8.74. The van der Waals surface area contributed by atoms with Gasteiger partial charge in [0.15, 0.2) is 15.5 Å². The SMILES string of the molecule is Cn1c(=O)c2c(nc(N3CCCCCC3)n2CCSc2nc3ccccc3s2)n(C)c1=O. The van der Waals surface area contributed by atoms with Crippen LogP contribution in [-0.2, 0) is 20.6 Å². The highest BCUT2D eigenvalue weighted by molar-refractivity contribution is 8.01. The van der Waals surface area contributed by atoms with Crippen LogP contribution in [0.25, 0.3) is 21.4 Å². The Morgan fingerprint density at radius 1 is 1.00 bits per heavy atom. The topological polar surface area (TPSA) is 78.0 Å². The molecule has 0 bridgehead atoms. The van der Waals surface area contributed by atoms with E-state index in [4.69, 9.17) is 9.97 Å². The Kier molecular flexibility index (Phi) is 5.81. The van der Waals surface area contributed by atoms with Crippen LogP contribution in [0.2, 0.25) is 0 Å². The van der Waals surface area contributed by atoms with Crippen LogP contribution in [0.5, 0.6) is 0 Å². The lowest BCUT2D eigenvalue weighted by molar-refractivity contribution is 0.692. The number of imidazole rings is 1. The third-order valence-electron chi connectivity index (χ3n) is 6.03. The molecule has 4 heterocycles. The van der Waals surface area contributed by atoms with E-state index in [-0.39, 0.29) is 11.2 Å². The lowest BCUT2D eigenvalue weighted by atomic mass is 10.2. The fourth-order valence-corrected chi connectivity index (χ4v) is 6.36. The Balaban J connectivity index is 1.52. The van der Waals surface area contributed by atoms with Crippen molar-refractivity contribution in [3.8, 4) is 0 Å². The maximum atomic E-state index is 13.1. The molecule has 0 saturated carbocycles. The molecule has 0 amide bonds. The molecule has 8 nitrogen and oxygen atoms in total. The molecule has 1 fully saturated rings. The highest BCUT2D eigenvalue weighted by Gasteiger charge is 2.23. The van der Waals surface area contributed by atoms with Gasteiger partial charge in [0.25, 0.3) is 5.56 Å². The molecule has 10 heteroatoms. The summed E-state index contributed by atoms with van der Waals surface area (Å²) >= 11 is 3.38. The average Bonchev–Trinajstić information content (AvgIpc) is 3.27. The van der Waals surface area contributed by atoms with Crippen LogP contribution in [0.1, 0.15) is 25.7 Å². The first-order chi connectivity index (χ1) is 15.5. The minimum absolute atomic E-state index is 0.290. The van der Waals surface area contributed by atoms with Gasteiger partial charge in [0.05, 0.1) is 10.2 Å². The highest BCUT2D eigenvalue weighted by Crippen LogP contribution is 2.30. The molecule has 1 aromatic carbocycles. The van der Waals surface area contributed by atoms with Gasteiger partial charge in [-0.25, -0.2) is 9.78 Å². The van der Waals surface area contributed by atoms with E-state index in [9.17, 15) is 9.59 Å². The normalized spacial score (nSPS) is 15.0. The zero-order valence-electron chi connectivity index (χ0n) is 18.3. The molecular weight excluding hydrogens is 444 g/mol. The molecule has 0 radical (unpaired) electrons. The summed E-state index contributed by atoms with van der Waals surface area (Å²) in [5.41, 5.74) is 1.34. The molecule has 168 valence electrons. The number of anilines is 1. The monoisotopic (exact) mass is 470 g/mol. The predicted molar refractivity (Wildman–Crippen MR) is 131 cm³/mol. The number of fused-ring (bicyclic) bond motifs is 2. The number of hydrogen-bond acceptors (Lipinski definition) is 7. The molecule has 0 aliphatic carbocycles. The van der Waals surface area contributed by atoms with Crippen molar-refractivity contribution < 1.29 is 0 Å². The van der Waals surface area contributed by atoms with E-state index in [2.05, 4.69) is 11.0 Å². The summed E-state index contributed by atoms with van der Waals surface area (Å²) in [5, 5.41) is 0. The molecule has 1 aliphatic rings. The number of hydrogen-bond donors (Lipinski definition) is 0. The van der Waals surface area contributed by atoms with Crippen LogP contribution in [-0.4, -0.2) is 42.5 Å². The summed E-state index contributed by atoms with van der Waals surface area (Å²) in [6.45, 7) is 2.46. The largest absolute Gasteiger partial charge is 0.342 e. The highest BCUT2D eigenvalue weighted by atomic mass is 32.2. The number of thiazole rings is 1. The Hall–Kier alpha value is -2.59. The quantitative estimate of drug-likeness (QED) is 0.417. The standard InChI is InChI=1S/C22H26N6O2S2/c1-25-18-17(19(29)26(2)22(25)30)28(20(24-18)27-11-7-3-4-8-12-27)13-14-31-21-23-15-9-5-6-10-16(15)32-21/h5-6,9-10H,3-4,7-8,11-14H2,1-2H3. The number of para-hydroxylation sites is 1. The summed E-state index contributed by atoms with van der Waals surface area (Å²) in [5.74, 6) is 1.56. The maximum Gasteiger partial charge on any atom is 0.332 e. The van der Waals surface area contributed by atoms with E-state index in [1.807, 2.05) is 22.8 Å². The van der Waals surface area contributed by atoms with Gasteiger partial charge in [0.2, 0.25) is 5.95 Å². The molecule has 5 rings (SSSR count). The summed E-state index contributed by atoms with van der Waals surface area (Å²) in [6.07, 6.45) is 4.65. The van der Waals surface area contributed by atoms with Crippen molar-refractivity contribution >= 4 is 50.4 Å². The molecule has 1 saturated heterocycles. The Bertz CT molecular complexity index is 1360. The van der Waals surface area contributed by atoms with Gasteiger partial charge in [-0.3, -0.25) is 13.9 Å². The molecule has 32 heavy (non-hydrogen) atoms. The van der Waals surface area contributed by atoms with Crippen molar-refractivity contribution in [1.82, 2.24) is 23.7 Å². The van der Waals surface area contributed by atoms with E-state index in [1.54, 1.807) is 30.1 Å². The summed E-state index contributed by atoms with van der Waals surface area (Å²) in [7, 11) is 3.21. The summed E-state index contributed by atoms with van der Waals surface area (Å²) < 4.78 is 6.87. The Morgan fingerprint density at radius 2 is 1.75 bits per heavy atom. The fourth-order valence-electron chi connectivity index (χ4n) is 4.30. The molecule has 0 atom stereocenters. The lowest BCUT2D eigenvalue weighted by Gasteiger charge is -2.22. The Labute approximate surface area is 193 Å². The number of aromatic nitrogens is 5. The lowest BCUT2D eigenvalue weighted by Crippen LogP contribution is -2.37. The zero-order chi connectivity index (χ0) is 22.2. The molecular formula is C22H26N6O2S2. The second-order valence-electron chi connectivity index (χ2n) is 8.14. The van der Waals surface area contributed by atoms with Crippen molar-refractivity contribution in [2.75, 3.05) is 23.7 Å². The van der Waals surface area contributed by atoms with E-state index in [1.165, 1.54) is 33.7 Å². The molecule has 1 aliphatic heterocycles. The van der Waals surface area contributed by atoms with Gasteiger partial charge < -0.3 is 9.47 Å². The van der Waals surface area contributed by atoms with Gasteiger partial charge in [-0.15, -0.1) is 11.3 Å². The first kappa shape index (κ1) is 21.3. The van der Waals surface area contributed by atoms with Crippen LogP contribution < -0.4 is 16.1 Å². The average molecular weight is 471 g/mol. The zero-order valence-corrected chi connectivity index (χ0v) is 19.9. The first-order valence-electron chi connectivity index (χ1n) is 10.9. The van der Waals surface area contributed by atoms with Crippen molar-refractivity contribution in [2.45, 2.75) is 36.6 Å². The number of thioether (sulfide) groups is 1. The minimum atomic E-state index is -0.349. The van der Waals surface area contributed by atoms with Gasteiger partial charge in [-0.2, -0.15) is 4.98 Å². The predicted octanol–water partition coefficient (Wildman–Crippen LogP) is 3.22. The summed E-state index contributed by atoms with van der Waals surface area (Å²) in [4.78, 5) is 37.4. The first-order valence-corrected chi connectivity index (χ1v) is 12.7. The molecule has 3 aromatic heterocycles. The smallest absolute Gasteiger partial charge is 0.332 e. The van der Waals surface area contributed by atoms with Crippen molar-refractivity contribution in [3.05, 3.63) is 45.1 Å². The van der Waals surface area contributed by atoms with Crippen LogP contribution >= 0.6 is 23.1 Å². The molecule has 0 N–H and O–H groups in total. The number of benzene rings is 1. The summed E-state index contributed by atoms with van der Waals surface area (Å²) in [6, 6.07) is 8.14. The third-order valence-corrected chi connectivity index (χ3v) is 8.19. The van der Waals surface area contributed by atoms with E-state index < -0.39 is 0 Å². The minimum Gasteiger partial charge on any atom is -0.342 e. The molecule has 0 spiro atoms. The van der Waals surface area contributed by atoms with Crippen LogP contribution in [0.3, 0.4) is 0 Å².